The Balaban J connectivity index is 4.37. The zero-order valence-electron chi connectivity index (χ0n) is 9.26. The van der Waals surface area contributed by atoms with Crippen molar-refractivity contribution in [2.45, 2.75) is 39.7 Å². The Kier molecular flexibility index (Phi) is 4.89. The molecule has 3 heteroatoms. The molecular weight excluding hydrogens is 166 g/mol. The van der Waals surface area contributed by atoms with E-state index < -0.39 is 5.60 Å². The molecule has 0 spiro atoms. The van der Waals surface area contributed by atoms with E-state index >= 15 is 0 Å². The quantitative estimate of drug-likeness (QED) is 0.659. The lowest BCUT2D eigenvalue weighted by atomic mass is 9.73. The van der Waals surface area contributed by atoms with E-state index in [9.17, 15) is 5.11 Å². The molecule has 2 unspecified atom stereocenters. The molecule has 3 nitrogen and oxygen atoms in total. The molecule has 0 aromatic rings. The van der Waals surface area contributed by atoms with Crippen LogP contribution in [0.15, 0.2) is 0 Å². The molecule has 80 valence electrons. The molecule has 0 heterocycles. The van der Waals surface area contributed by atoms with E-state index in [0.717, 1.165) is 6.42 Å². The van der Waals surface area contributed by atoms with Crippen molar-refractivity contribution in [3.63, 3.8) is 0 Å². The van der Waals surface area contributed by atoms with Gasteiger partial charge in [-0.2, -0.15) is 0 Å². The van der Waals surface area contributed by atoms with Gasteiger partial charge in [-0.15, -0.1) is 0 Å². The maximum atomic E-state index is 10.2. The van der Waals surface area contributed by atoms with Crippen LogP contribution in [0.5, 0.6) is 0 Å². The van der Waals surface area contributed by atoms with Gasteiger partial charge >= 0.3 is 0 Å². The van der Waals surface area contributed by atoms with Crippen LogP contribution < -0.4 is 5.73 Å². The van der Waals surface area contributed by atoms with E-state index in [1.807, 2.05) is 20.8 Å². The topological polar surface area (TPSA) is 55.5 Å². The number of ether oxygens (including phenoxy) is 1. The Morgan fingerprint density at radius 2 is 1.85 bits per heavy atom. The summed E-state index contributed by atoms with van der Waals surface area (Å²) in [6.07, 6.45) is 0.851. The summed E-state index contributed by atoms with van der Waals surface area (Å²) in [5.74, 6) is 0. The Bertz CT molecular complexity index is 142. The second-order valence-electron chi connectivity index (χ2n) is 4.03. The van der Waals surface area contributed by atoms with Crippen molar-refractivity contribution in [1.29, 1.82) is 0 Å². The lowest BCUT2D eigenvalue weighted by Gasteiger charge is -2.41. The molecule has 0 aliphatic heterocycles. The van der Waals surface area contributed by atoms with Gasteiger partial charge < -0.3 is 15.6 Å². The Morgan fingerprint density at radius 3 is 2.15 bits per heavy atom. The minimum absolute atomic E-state index is 0.262. The van der Waals surface area contributed by atoms with Crippen molar-refractivity contribution < 1.29 is 9.84 Å². The molecule has 0 bridgehead atoms. The molecule has 0 amide bonds. The predicted octanol–water partition coefficient (Wildman–Crippen LogP) is 1.15. The third kappa shape index (κ3) is 2.93. The summed E-state index contributed by atoms with van der Waals surface area (Å²) in [6.45, 7) is 9.19. The Labute approximate surface area is 81.3 Å². The molecule has 0 aliphatic carbocycles. The van der Waals surface area contributed by atoms with Gasteiger partial charge in [0.15, 0.2) is 0 Å². The first-order chi connectivity index (χ1) is 5.93. The molecule has 0 saturated heterocycles. The van der Waals surface area contributed by atoms with Crippen LogP contribution in [0.3, 0.4) is 0 Å². The normalized spacial score (nSPS) is 20.8. The van der Waals surface area contributed by atoms with E-state index in [1.54, 1.807) is 6.92 Å². The van der Waals surface area contributed by atoms with Crippen LogP contribution in [0.1, 0.15) is 34.1 Å². The molecule has 0 aromatic heterocycles. The standard InChI is InChI=1S/C10H23NO2/c1-5-9(3,7-11)10(4,12)8-13-6-2/h12H,5-8,11H2,1-4H3. The monoisotopic (exact) mass is 189 g/mol. The first kappa shape index (κ1) is 12.9. The van der Waals surface area contributed by atoms with Crippen LogP contribution in [-0.4, -0.2) is 30.5 Å². The number of hydrogen-bond donors (Lipinski definition) is 2. The summed E-state index contributed by atoms with van der Waals surface area (Å²) in [7, 11) is 0. The average molecular weight is 189 g/mol. The van der Waals surface area contributed by atoms with Crippen LogP contribution in [0.4, 0.5) is 0 Å². The van der Waals surface area contributed by atoms with Crippen LogP contribution in [0.25, 0.3) is 0 Å². The van der Waals surface area contributed by atoms with Crippen LogP contribution in [-0.2, 0) is 4.74 Å². The Morgan fingerprint density at radius 1 is 1.31 bits per heavy atom. The molecule has 0 aliphatic rings. The summed E-state index contributed by atoms with van der Waals surface area (Å²) in [5, 5.41) is 10.2. The third-order valence-electron chi connectivity index (χ3n) is 3.12. The van der Waals surface area contributed by atoms with Gasteiger partial charge in [0, 0.05) is 18.6 Å². The van der Waals surface area contributed by atoms with Crippen molar-refractivity contribution >= 4 is 0 Å². The highest BCUT2D eigenvalue weighted by atomic mass is 16.5. The molecule has 0 saturated carbocycles. The SMILES string of the molecule is CCOCC(C)(O)C(C)(CC)CN. The van der Waals surface area contributed by atoms with Gasteiger partial charge in [-0.1, -0.05) is 13.8 Å². The minimum atomic E-state index is -0.841. The molecule has 0 rings (SSSR count). The van der Waals surface area contributed by atoms with E-state index in [2.05, 4.69) is 0 Å². The van der Waals surface area contributed by atoms with Crippen molar-refractivity contribution in [1.82, 2.24) is 0 Å². The lowest BCUT2D eigenvalue weighted by Crippen LogP contribution is -2.51. The van der Waals surface area contributed by atoms with Gasteiger partial charge in [0.2, 0.25) is 0 Å². The highest BCUT2D eigenvalue weighted by Gasteiger charge is 2.40. The van der Waals surface area contributed by atoms with Crippen molar-refractivity contribution in [2.24, 2.45) is 11.1 Å². The van der Waals surface area contributed by atoms with Gasteiger partial charge in [-0.05, 0) is 20.3 Å². The van der Waals surface area contributed by atoms with Crippen molar-refractivity contribution in [3.05, 3.63) is 0 Å². The number of hydrogen-bond acceptors (Lipinski definition) is 3. The summed E-state index contributed by atoms with van der Waals surface area (Å²) < 4.78 is 5.24. The highest BCUT2D eigenvalue weighted by Crippen LogP contribution is 2.33. The van der Waals surface area contributed by atoms with E-state index in [1.165, 1.54) is 0 Å². The number of rotatable bonds is 6. The highest BCUT2D eigenvalue weighted by molar-refractivity contribution is 4.92. The number of aliphatic hydroxyl groups is 1. The fraction of sp³-hybridized carbons (Fsp3) is 1.00. The predicted molar refractivity (Wildman–Crippen MR) is 54.6 cm³/mol. The largest absolute Gasteiger partial charge is 0.387 e. The lowest BCUT2D eigenvalue weighted by molar-refractivity contribution is -0.110. The van der Waals surface area contributed by atoms with E-state index in [0.29, 0.717) is 19.8 Å². The summed E-state index contributed by atoms with van der Waals surface area (Å²) in [6, 6.07) is 0. The summed E-state index contributed by atoms with van der Waals surface area (Å²) in [4.78, 5) is 0. The van der Waals surface area contributed by atoms with Gasteiger partial charge in [-0.25, -0.2) is 0 Å². The van der Waals surface area contributed by atoms with E-state index in [-0.39, 0.29) is 5.41 Å². The van der Waals surface area contributed by atoms with Gasteiger partial charge in [0.05, 0.1) is 12.2 Å². The fourth-order valence-corrected chi connectivity index (χ4v) is 1.22. The van der Waals surface area contributed by atoms with Crippen molar-refractivity contribution in [2.75, 3.05) is 19.8 Å². The molecule has 13 heavy (non-hydrogen) atoms. The average Bonchev–Trinajstić information content (AvgIpc) is 2.13. The van der Waals surface area contributed by atoms with Crippen LogP contribution >= 0.6 is 0 Å². The first-order valence-corrected chi connectivity index (χ1v) is 4.93. The second kappa shape index (κ2) is 4.94. The zero-order valence-corrected chi connectivity index (χ0v) is 9.26. The zero-order chi connectivity index (χ0) is 10.5. The van der Waals surface area contributed by atoms with Crippen LogP contribution in [0.2, 0.25) is 0 Å². The molecular formula is C10H23NO2. The maximum Gasteiger partial charge on any atom is 0.0917 e. The maximum absolute atomic E-state index is 10.2. The smallest absolute Gasteiger partial charge is 0.0917 e. The molecule has 2 atom stereocenters. The summed E-state index contributed by atoms with van der Waals surface area (Å²) >= 11 is 0. The molecule has 0 aromatic carbocycles. The van der Waals surface area contributed by atoms with Crippen LogP contribution in [0, 0.1) is 5.41 Å². The van der Waals surface area contributed by atoms with Gasteiger partial charge in [-0.3, -0.25) is 0 Å². The minimum Gasteiger partial charge on any atom is -0.387 e. The van der Waals surface area contributed by atoms with E-state index in [4.69, 9.17) is 10.5 Å². The van der Waals surface area contributed by atoms with Gasteiger partial charge in [0.1, 0.15) is 0 Å². The van der Waals surface area contributed by atoms with Crippen molar-refractivity contribution in [3.8, 4) is 0 Å². The molecule has 0 radical (unpaired) electrons. The first-order valence-electron chi connectivity index (χ1n) is 4.93. The van der Waals surface area contributed by atoms with Gasteiger partial charge in [0.25, 0.3) is 0 Å². The molecule has 3 N–H and O–H groups in total. The Hall–Kier alpha value is -0.120. The molecule has 0 fully saturated rings. The summed E-state index contributed by atoms with van der Waals surface area (Å²) in [5.41, 5.74) is 4.56. The second-order valence-corrected chi connectivity index (χ2v) is 4.03. The third-order valence-corrected chi connectivity index (χ3v) is 3.12. The number of nitrogens with two attached hydrogens (primary N) is 1. The fourth-order valence-electron chi connectivity index (χ4n) is 1.22.